The minimum Gasteiger partial charge on any atom is -0.332 e. The zero-order valence-corrected chi connectivity index (χ0v) is 12.9. The van der Waals surface area contributed by atoms with E-state index in [2.05, 4.69) is 15.3 Å². The summed E-state index contributed by atoms with van der Waals surface area (Å²) in [5.41, 5.74) is 1.42. The number of hydrogen-bond donors (Lipinski definition) is 1. The van der Waals surface area contributed by atoms with Crippen LogP contribution in [0, 0.1) is 0 Å². The molecule has 6 heteroatoms. The summed E-state index contributed by atoms with van der Waals surface area (Å²) in [6.07, 6.45) is 6.92. The number of piperidine rings is 1. The van der Waals surface area contributed by atoms with Gasteiger partial charge in [-0.2, -0.15) is 10.2 Å². The van der Waals surface area contributed by atoms with Gasteiger partial charge in [-0.1, -0.05) is 18.2 Å². The van der Waals surface area contributed by atoms with Gasteiger partial charge >= 0.3 is 0 Å². The predicted molar refractivity (Wildman–Crippen MR) is 87.0 cm³/mol. The topological polar surface area (TPSA) is 66.8 Å². The molecule has 1 aromatic carbocycles. The maximum atomic E-state index is 13.0. The highest BCUT2D eigenvalue weighted by atomic mass is 16.2. The SMILES string of the molecule is O=C(c1n[nH]c2ccccc12)N1CCCCC1Cn1cccn1. The maximum absolute atomic E-state index is 13.0. The van der Waals surface area contributed by atoms with E-state index >= 15 is 0 Å². The molecule has 1 atom stereocenters. The van der Waals surface area contributed by atoms with Crippen LogP contribution in [0.25, 0.3) is 10.9 Å². The second-order valence-corrected chi connectivity index (χ2v) is 5.99. The summed E-state index contributed by atoms with van der Waals surface area (Å²) in [6.45, 7) is 1.52. The fourth-order valence-corrected chi connectivity index (χ4v) is 3.34. The molecule has 4 rings (SSSR count). The highest BCUT2D eigenvalue weighted by Gasteiger charge is 2.30. The number of H-pyrrole nitrogens is 1. The molecule has 118 valence electrons. The number of para-hydroxylation sites is 1. The molecule has 1 fully saturated rings. The van der Waals surface area contributed by atoms with E-state index < -0.39 is 0 Å². The summed E-state index contributed by atoms with van der Waals surface area (Å²) < 4.78 is 1.90. The number of benzene rings is 1. The summed E-state index contributed by atoms with van der Waals surface area (Å²) in [7, 11) is 0. The Kier molecular flexibility index (Phi) is 3.57. The molecular formula is C17H19N5O. The lowest BCUT2D eigenvalue weighted by Gasteiger charge is -2.35. The van der Waals surface area contributed by atoms with E-state index in [4.69, 9.17) is 0 Å². The van der Waals surface area contributed by atoms with E-state index in [1.807, 2.05) is 46.1 Å². The lowest BCUT2D eigenvalue weighted by molar-refractivity contribution is 0.0580. The number of carbonyl (C=O) groups is 1. The molecule has 0 radical (unpaired) electrons. The molecule has 3 aromatic rings. The van der Waals surface area contributed by atoms with E-state index in [1.165, 1.54) is 0 Å². The normalized spacial score (nSPS) is 18.4. The van der Waals surface area contributed by atoms with Gasteiger partial charge in [0.15, 0.2) is 5.69 Å². The molecular weight excluding hydrogens is 290 g/mol. The average Bonchev–Trinajstić information content (AvgIpc) is 3.24. The van der Waals surface area contributed by atoms with Crippen LogP contribution in [0.3, 0.4) is 0 Å². The number of likely N-dealkylation sites (tertiary alicyclic amines) is 1. The van der Waals surface area contributed by atoms with Crippen LogP contribution in [0.15, 0.2) is 42.7 Å². The monoisotopic (exact) mass is 309 g/mol. The van der Waals surface area contributed by atoms with Gasteiger partial charge in [0.25, 0.3) is 5.91 Å². The fourth-order valence-electron chi connectivity index (χ4n) is 3.34. The van der Waals surface area contributed by atoms with E-state index in [9.17, 15) is 4.79 Å². The Bertz CT molecular complexity index is 807. The molecule has 1 aliphatic heterocycles. The summed E-state index contributed by atoms with van der Waals surface area (Å²) in [6, 6.07) is 9.85. The van der Waals surface area contributed by atoms with Crippen molar-refractivity contribution in [1.29, 1.82) is 0 Å². The molecule has 1 N–H and O–H groups in total. The number of nitrogens with zero attached hydrogens (tertiary/aromatic N) is 4. The molecule has 1 saturated heterocycles. The summed E-state index contributed by atoms with van der Waals surface area (Å²) in [5.74, 6) is 0.0132. The van der Waals surface area contributed by atoms with Crippen molar-refractivity contribution < 1.29 is 4.79 Å². The van der Waals surface area contributed by atoms with Crippen molar-refractivity contribution in [2.75, 3.05) is 6.54 Å². The Hall–Kier alpha value is -2.63. The van der Waals surface area contributed by atoms with Gasteiger partial charge in [-0.15, -0.1) is 0 Å². The van der Waals surface area contributed by atoms with Crippen LogP contribution in [0.1, 0.15) is 29.8 Å². The number of nitrogens with one attached hydrogen (secondary N) is 1. The number of aromatic nitrogens is 4. The molecule has 0 aliphatic carbocycles. The third kappa shape index (κ3) is 2.60. The van der Waals surface area contributed by atoms with Gasteiger partial charge in [0.05, 0.1) is 18.1 Å². The predicted octanol–water partition coefficient (Wildman–Crippen LogP) is 2.45. The first-order valence-corrected chi connectivity index (χ1v) is 8.04. The maximum Gasteiger partial charge on any atom is 0.275 e. The van der Waals surface area contributed by atoms with Crippen molar-refractivity contribution in [3.63, 3.8) is 0 Å². The molecule has 23 heavy (non-hydrogen) atoms. The number of amides is 1. The summed E-state index contributed by atoms with van der Waals surface area (Å²) in [4.78, 5) is 15.0. The standard InChI is InChI=1S/C17H19N5O/c23-17(16-14-7-1-2-8-15(14)19-20-16)22-11-4-3-6-13(22)12-21-10-5-9-18-21/h1-2,5,7-10,13H,3-4,6,11-12H2,(H,19,20). The van der Waals surface area contributed by atoms with Gasteiger partial charge in [0.2, 0.25) is 0 Å². The molecule has 6 nitrogen and oxygen atoms in total. The van der Waals surface area contributed by atoms with Gasteiger partial charge in [0, 0.05) is 24.3 Å². The van der Waals surface area contributed by atoms with E-state index in [0.29, 0.717) is 5.69 Å². The van der Waals surface area contributed by atoms with Crippen molar-refractivity contribution >= 4 is 16.8 Å². The number of aromatic amines is 1. The lowest BCUT2D eigenvalue weighted by Crippen LogP contribution is -2.46. The van der Waals surface area contributed by atoms with Crippen LogP contribution in [0.5, 0.6) is 0 Å². The van der Waals surface area contributed by atoms with E-state index in [1.54, 1.807) is 6.20 Å². The lowest BCUT2D eigenvalue weighted by atomic mass is 10.0. The Morgan fingerprint density at radius 3 is 3.04 bits per heavy atom. The van der Waals surface area contributed by atoms with Crippen LogP contribution in [0.2, 0.25) is 0 Å². The Morgan fingerprint density at radius 1 is 1.26 bits per heavy atom. The largest absolute Gasteiger partial charge is 0.332 e. The van der Waals surface area contributed by atoms with Crippen molar-refractivity contribution in [3.8, 4) is 0 Å². The number of hydrogen-bond acceptors (Lipinski definition) is 3. The zero-order chi connectivity index (χ0) is 15.6. The van der Waals surface area contributed by atoms with Crippen molar-refractivity contribution in [2.45, 2.75) is 31.8 Å². The minimum absolute atomic E-state index is 0.0132. The zero-order valence-electron chi connectivity index (χ0n) is 12.9. The molecule has 0 bridgehead atoms. The van der Waals surface area contributed by atoms with Crippen LogP contribution >= 0.6 is 0 Å². The van der Waals surface area contributed by atoms with Gasteiger partial charge in [-0.3, -0.25) is 14.6 Å². The molecule has 1 unspecified atom stereocenters. The van der Waals surface area contributed by atoms with Crippen LogP contribution in [-0.2, 0) is 6.54 Å². The quantitative estimate of drug-likeness (QED) is 0.808. The first kappa shape index (κ1) is 14.0. The second-order valence-electron chi connectivity index (χ2n) is 5.99. The molecule has 0 saturated carbocycles. The highest BCUT2D eigenvalue weighted by Crippen LogP contribution is 2.23. The van der Waals surface area contributed by atoms with Gasteiger partial charge in [0.1, 0.15) is 0 Å². The summed E-state index contributed by atoms with van der Waals surface area (Å²) in [5, 5.41) is 12.4. The molecule has 2 aromatic heterocycles. The van der Waals surface area contributed by atoms with Crippen LogP contribution < -0.4 is 0 Å². The van der Waals surface area contributed by atoms with Crippen LogP contribution in [-0.4, -0.2) is 43.4 Å². The Labute approximate surface area is 134 Å². The third-order valence-corrected chi connectivity index (χ3v) is 4.52. The van der Waals surface area contributed by atoms with Crippen molar-refractivity contribution in [3.05, 3.63) is 48.4 Å². The Morgan fingerprint density at radius 2 is 2.17 bits per heavy atom. The summed E-state index contributed by atoms with van der Waals surface area (Å²) >= 11 is 0. The molecule has 1 aliphatic rings. The van der Waals surface area contributed by atoms with Crippen LogP contribution in [0.4, 0.5) is 0 Å². The first-order chi connectivity index (χ1) is 11.3. The van der Waals surface area contributed by atoms with Gasteiger partial charge in [-0.05, 0) is 31.4 Å². The first-order valence-electron chi connectivity index (χ1n) is 8.04. The smallest absolute Gasteiger partial charge is 0.275 e. The minimum atomic E-state index is 0.0132. The fraction of sp³-hybridized carbons (Fsp3) is 0.353. The Balaban J connectivity index is 1.62. The second kappa shape index (κ2) is 5.87. The number of rotatable bonds is 3. The number of carbonyl (C=O) groups excluding carboxylic acids is 1. The van der Waals surface area contributed by atoms with Gasteiger partial charge in [-0.25, -0.2) is 0 Å². The van der Waals surface area contributed by atoms with Crippen molar-refractivity contribution in [1.82, 2.24) is 24.9 Å². The highest BCUT2D eigenvalue weighted by molar-refractivity contribution is 6.04. The third-order valence-electron chi connectivity index (χ3n) is 4.52. The van der Waals surface area contributed by atoms with Gasteiger partial charge < -0.3 is 4.90 Å². The molecule has 3 heterocycles. The molecule has 0 spiro atoms. The number of fused-ring (bicyclic) bond motifs is 1. The van der Waals surface area contributed by atoms with Crippen molar-refractivity contribution in [2.24, 2.45) is 0 Å². The molecule has 1 amide bonds. The van der Waals surface area contributed by atoms with E-state index in [-0.39, 0.29) is 11.9 Å². The van der Waals surface area contributed by atoms with E-state index in [0.717, 1.165) is 43.3 Å². The average molecular weight is 309 g/mol.